The van der Waals surface area contributed by atoms with Gasteiger partial charge in [-0.15, -0.1) is 0 Å². The highest BCUT2D eigenvalue weighted by atomic mass is 16.5. The highest BCUT2D eigenvalue weighted by Gasteiger charge is 2.22. The molecule has 1 saturated heterocycles. The Bertz CT molecular complexity index is 910. The number of nitrogens with zero attached hydrogens (tertiary/aromatic N) is 4. The average Bonchev–Trinajstić information content (AvgIpc) is 3.15. The molecule has 0 aliphatic carbocycles. The molecule has 1 amide bonds. The largest absolute Gasteiger partial charge is 0.361 e. The van der Waals surface area contributed by atoms with Crippen LogP contribution in [-0.4, -0.2) is 57.0 Å². The van der Waals surface area contributed by atoms with E-state index in [0.717, 1.165) is 67.2 Å². The number of aromatic amines is 1. The number of fused-ring (bicyclic) bond motifs is 1. The molecule has 0 saturated carbocycles. The maximum Gasteiger partial charge on any atom is 0.253 e. The number of benzene rings is 1. The van der Waals surface area contributed by atoms with Gasteiger partial charge in [-0.1, -0.05) is 5.16 Å². The van der Waals surface area contributed by atoms with Crippen LogP contribution in [0.3, 0.4) is 0 Å². The molecule has 0 atom stereocenters. The normalized spacial score (nSPS) is 16.2. The van der Waals surface area contributed by atoms with E-state index in [9.17, 15) is 4.79 Å². The van der Waals surface area contributed by atoms with Crippen LogP contribution in [0.5, 0.6) is 0 Å². The molecule has 1 aliphatic rings. The molecule has 1 aliphatic heterocycles. The first kappa shape index (κ1) is 16.8. The third-order valence-electron chi connectivity index (χ3n) is 5.11. The highest BCUT2D eigenvalue weighted by Crippen LogP contribution is 2.18. The molecular weight excluding hydrogens is 330 g/mol. The second-order valence-electron chi connectivity index (χ2n) is 6.86. The van der Waals surface area contributed by atoms with Crippen molar-refractivity contribution in [1.29, 1.82) is 0 Å². The summed E-state index contributed by atoms with van der Waals surface area (Å²) in [5, 5.41) is 4.03. The number of hydrogen-bond donors (Lipinski definition) is 1. The van der Waals surface area contributed by atoms with Gasteiger partial charge in [0.05, 0.1) is 23.1 Å². The standard InChI is InChI=1S/C19H23N5O2/c1-13-16(14(2)26-22-13)11-23-6-3-7-24(9-8-23)19(25)15-4-5-17-18(10-15)21-12-20-17/h4-5,10,12H,3,6-9,11H2,1-2H3,(H,20,21). The van der Waals surface area contributed by atoms with E-state index < -0.39 is 0 Å². The molecule has 1 N–H and O–H groups in total. The van der Waals surface area contributed by atoms with E-state index in [0.29, 0.717) is 5.56 Å². The van der Waals surface area contributed by atoms with Crippen LogP contribution in [-0.2, 0) is 6.54 Å². The first-order valence-corrected chi connectivity index (χ1v) is 8.98. The van der Waals surface area contributed by atoms with Gasteiger partial charge in [0, 0.05) is 43.9 Å². The second-order valence-corrected chi connectivity index (χ2v) is 6.86. The van der Waals surface area contributed by atoms with Crippen LogP contribution in [0.4, 0.5) is 0 Å². The van der Waals surface area contributed by atoms with Crippen LogP contribution in [0.2, 0.25) is 0 Å². The third kappa shape index (κ3) is 3.22. The molecule has 2 aromatic heterocycles. The Balaban J connectivity index is 1.43. The van der Waals surface area contributed by atoms with Crippen molar-refractivity contribution < 1.29 is 9.32 Å². The lowest BCUT2D eigenvalue weighted by atomic mass is 10.1. The van der Waals surface area contributed by atoms with Gasteiger partial charge in [-0.05, 0) is 38.5 Å². The topological polar surface area (TPSA) is 78.3 Å². The van der Waals surface area contributed by atoms with Crippen LogP contribution >= 0.6 is 0 Å². The summed E-state index contributed by atoms with van der Waals surface area (Å²) in [5.74, 6) is 0.966. The molecule has 7 heteroatoms. The minimum Gasteiger partial charge on any atom is -0.361 e. The van der Waals surface area contributed by atoms with E-state index in [1.54, 1.807) is 6.33 Å². The number of carbonyl (C=O) groups is 1. The second kappa shape index (κ2) is 6.92. The van der Waals surface area contributed by atoms with Crippen LogP contribution in [0.25, 0.3) is 11.0 Å². The molecular formula is C19H23N5O2. The van der Waals surface area contributed by atoms with Gasteiger partial charge >= 0.3 is 0 Å². The number of H-pyrrole nitrogens is 1. The molecule has 7 nitrogen and oxygen atoms in total. The number of aromatic nitrogens is 3. The zero-order chi connectivity index (χ0) is 18.1. The van der Waals surface area contributed by atoms with Crippen LogP contribution in [0.1, 0.15) is 33.8 Å². The molecule has 0 spiro atoms. The summed E-state index contributed by atoms with van der Waals surface area (Å²) >= 11 is 0. The number of imidazole rings is 1. The van der Waals surface area contributed by atoms with Crippen molar-refractivity contribution in [3.8, 4) is 0 Å². The van der Waals surface area contributed by atoms with Crippen molar-refractivity contribution in [2.45, 2.75) is 26.8 Å². The maximum absolute atomic E-state index is 12.9. The van der Waals surface area contributed by atoms with Crippen molar-refractivity contribution in [3.63, 3.8) is 0 Å². The third-order valence-corrected chi connectivity index (χ3v) is 5.11. The van der Waals surface area contributed by atoms with Crippen molar-refractivity contribution in [2.24, 2.45) is 0 Å². The minimum atomic E-state index is 0.0840. The molecule has 26 heavy (non-hydrogen) atoms. The lowest BCUT2D eigenvalue weighted by Crippen LogP contribution is -2.35. The first-order valence-electron chi connectivity index (χ1n) is 8.98. The lowest BCUT2D eigenvalue weighted by Gasteiger charge is -2.22. The summed E-state index contributed by atoms with van der Waals surface area (Å²) in [6, 6.07) is 5.63. The van der Waals surface area contributed by atoms with Gasteiger partial charge in [0.25, 0.3) is 5.91 Å². The van der Waals surface area contributed by atoms with Crippen LogP contribution in [0, 0.1) is 13.8 Å². The van der Waals surface area contributed by atoms with E-state index >= 15 is 0 Å². The van der Waals surface area contributed by atoms with Gasteiger partial charge in [0.2, 0.25) is 0 Å². The van der Waals surface area contributed by atoms with Gasteiger partial charge in [-0.2, -0.15) is 0 Å². The Morgan fingerprint density at radius 3 is 2.92 bits per heavy atom. The van der Waals surface area contributed by atoms with Crippen LogP contribution in [0.15, 0.2) is 29.0 Å². The number of hydrogen-bond acceptors (Lipinski definition) is 5. The minimum absolute atomic E-state index is 0.0840. The molecule has 4 rings (SSSR count). The fourth-order valence-corrected chi connectivity index (χ4v) is 3.53. The summed E-state index contributed by atoms with van der Waals surface area (Å²) in [6.07, 6.45) is 2.61. The van der Waals surface area contributed by atoms with Crippen molar-refractivity contribution in [2.75, 3.05) is 26.2 Å². The average molecular weight is 353 g/mol. The molecule has 3 aromatic rings. The lowest BCUT2D eigenvalue weighted by molar-refractivity contribution is 0.0761. The molecule has 1 aromatic carbocycles. The Kier molecular flexibility index (Phi) is 4.46. The smallest absolute Gasteiger partial charge is 0.253 e. The number of carbonyl (C=O) groups excluding carboxylic acids is 1. The number of amides is 1. The van der Waals surface area contributed by atoms with Crippen molar-refractivity contribution in [1.82, 2.24) is 24.9 Å². The van der Waals surface area contributed by atoms with Crippen molar-refractivity contribution >= 4 is 16.9 Å². The summed E-state index contributed by atoms with van der Waals surface area (Å²) in [4.78, 5) is 24.5. The van der Waals surface area contributed by atoms with Gasteiger partial charge in [-0.25, -0.2) is 4.98 Å². The van der Waals surface area contributed by atoms with Gasteiger partial charge in [0.15, 0.2) is 0 Å². The Labute approximate surface area is 152 Å². The van der Waals surface area contributed by atoms with E-state index in [1.165, 1.54) is 0 Å². The SMILES string of the molecule is Cc1noc(C)c1CN1CCCN(C(=O)c2ccc3nc[nH]c3c2)CC1. The first-order chi connectivity index (χ1) is 12.6. The molecule has 0 unspecified atom stereocenters. The fourth-order valence-electron chi connectivity index (χ4n) is 3.53. The van der Waals surface area contributed by atoms with Crippen LogP contribution < -0.4 is 0 Å². The quantitative estimate of drug-likeness (QED) is 0.783. The predicted octanol–water partition coefficient (Wildman–Crippen LogP) is 2.52. The summed E-state index contributed by atoms with van der Waals surface area (Å²) in [5.41, 5.74) is 4.59. The molecule has 0 bridgehead atoms. The van der Waals surface area contributed by atoms with Gasteiger partial charge in [0.1, 0.15) is 5.76 Å². The Morgan fingerprint density at radius 1 is 1.23 bits per heavy atom. The number of aryl methyl sites for hydroxylation is 2. The molecule has 136 valence electrons. The monoisotopic (exact) mass is 353 g/mol. The van der Waals surface area contributed by atoms with E-state index in [-0.39, 0.29) is 5.91 Å². The van der Waals surface area contributed by atoms with Crippen molar-refractivity contribution in [3.05, 3.63) is 47.1 Å². The van der Waals surface area contributed by atoms with Gasteiger partial charge in [-0.3, -0.25) is 9.69 Å². The Hall–Kier alpha value is -2.67. The summed E-state index contributed by atoms with van der Waals surface area (Å²) in [7, 11) is 0. The fraction of sp³-hybridized carbons (Fsp3) is 0.421. The van der Waals surface area contributed by atoms with E-state index in [1.807, 2.05) is 36.9 Å². The molecule has 1 fully saturated rings. The number of rotatable bonds is 3. The molecule has 3 heterocycles. The zero-order valence-corrected chi connectivity index (χ0v) is 15.2. The van der Waals surface area contributed by atoms with Gasteiger partial charge < -0.3 is 14.4 Å². The van der Waals surface area contributed by atoms with E-state index in [4.69, 9.17) is 4.52 Å². The summed E-state index contributed by atoms with van der Waals surface area (Å²) < 4.78 is 5.26. The summed E-state index contributed by atoms with van der Waals surface area (Å²) in [6.45, 7) is 8.07. The predicted molar refractivity (Wildman–Crippen MR) is 97.9 cm³/mol. The molecule has 0 radical (unpaired) electrons. The highest BCUT2D eigenvalue weighted by molar-refractivity contribution is 5.97. The zero-order valence-electron chi connectivity index (χ0n) is 15.2. The van der Waals surface area contributed by atoms with E-state index in [2.05, 4.69) is 20.0 Å². The maximum atomic E-state index is 12.9. The Morgan fingerprint density at radius 2 is 2.12 bits per heavy atom. The number of nitrogens with one attached hydrogen (secondary N) is 1.